The molecule has 0 radical (unpaired) electrons. The molecule has 4 nitrogen and oxygen atoms in total. The van der Waals surface area contributed by atoms with Gasteiger partial charge in [-0.15, -0.1) is 10.2 Å². The van der Waals surface area contributed by atoms with E-state index in [4.69, 9.17) is 14.6 Å². The van der Waals surface area contributed by atoms with Crippen LogP contribution >= 0.6 is 0 Å². The largest absolute Gasteiger partial charge is 0.456 e. The zero-order chi connectivity index (χ0) is 36.6. The summed E-state index contributed by atoms with van der Waals surface area (Å²) in [6.07, 6.45) is 0. The van der Waals surface area contributed by atoms with Gasteiger partial charge in [-0.1, -0.05) is 188 Å². The van der Waals surface area contributed by atoms with E-state index in [1.54, 1.807) is 0 Å². The average Bonchev–Trinajstić information content (AvgIpc) is 3.66. The Morgan fingerprint density at radius 2 is 0.818 bits per heavy atom. The van der Waals surface area contributed by atoms with Crippen LogP contribution in [0.1, 0.15) is 0 Å². The lowest BCUT2D eigenvalue weighted by molar-refractivity contribution is 0.669. The monoisotopic (exact) mass is 703 g/mol. The highest BCUT2D eigenvalue weighted by Gasteiger charge is 2.27. The fraction of sp³-hybridized carbons (Fsp3) is 0. The van der Waals surface area contributed by atoms with Gasteiger partial charge in [-0.3, -0.25) is 0 Å². The molecule has 2 heterocycles. The highest BCUT2D eigenvalue weighted by molar-refractivity contribution is 6.19. The number of nitrogens with zero attached hydrogens (tertiary/aromatic N) is 3. The summed E-state index contributed by atoms with van der Waals surface area (Å²) in [5.74, 6) is 0. The lowest BCUT2D eigenvalue weighted by Crippen LogP contribution is -2.02. The Hall–Kier alpha value is -7.43. The minimum absolute atomic E-state index is 0.748. The average molecular weight is 704 g/mol. The molecule has 0 saturated carbocycles. The number of hydrogen-bond donors (Lipinski definition) is 0. The molecule has 2 aromatic heterocycles. The zero-order valence-electron chi connectivity index (χ0n) is 29.8. The molecule has 0 atom stereocenters. The summed E-state index contributed by atoms with van der Waals surface area (Å²) in [4.78, 5) is 0. The number of furan rings is 1. The Morgan fingerprint density at radius 1 is 0.291 bits per heavy atom. The van der Waals surface area contributed by atoms with Crippen LogP contribution in [0.3, 0.4) is 0 Å². The molecular formula is C51H33N3O. The van der Waals surface area contributed by atoms with Crippen molar-refractivity contribution in [2.45, 2.75) is 0 Å². The lowest BCUT2D eigenvalue weighted by Gasteiger charge is -2.22. The Morgan fingerprint density at radius 3 is 1.53 bits per heavy atom. The molecule has 4 heteroatoms. The van der Waals surface area contributed by atoms with Crippen LogP contribution in [-0.2, 0) is 0 Å². The van der Waals surface area contributed by atoms with E-state index in [-0.39, 0.29) is 0 Å². The van der Waals surface area contributed by atoms with Crippen LogP contribution in [0.25, 0.3) is 100 Å². The minimum Gasteiger partial charge on any atom is -0.456 e. The quantitative estimate of drug-likeness (QED) is 0.166. The van der Waals surface area contributed by atoms with Crippen LogP contribution in [0, 0.1) is 0 Å². The van der Waals surface area contributed by atoms with Crippen LogP contribution in [-0.4, -0.2) is 15.4 Å². The third-order valence-electron chi connectivity index (χ3n) is 10.4. The first-order chi connectivity index (χ1) is 27.3. The molecule has 0 aliphatic carbocycles. The first-order valence-electron chi connectivity index (χ1n) is 18.5. The molecule has 10 aromatic rings. The third-order valence-corrected chi connectivity index (χ3v) is 10.4. The van der Waals surface area contributed by atoms with Gasteiger partial charge in [-0.2, -0.15) is 0 Å². The zero-order valence-corrected chi connectivity index (χ0v) is 29.8. The summed E-state index contributed by atoms with van der Waals surface area (Å²) in [5.41, 5.74) is 15.8. The molecular weight excluding hydrogens is 671 g/mol. The normalized spacial score (nSPS) is 11.3. The van der Waals surface area contributed by atoms with Crippen molar-refractivity contribution >= 4 is 21.9 Å². The Kier molecular flexibility index (Phi) is 8.12. The van der Waals surface area contributed by atoms with Crippen molar-refractivity contribution < 1.29 is 4.42 Å². The van der Waals surface area contributed by atoms with Gasteiger partial charge in [0.2, 0.25) is 0 Å². The fourth-order valence-electron chi connectivity index (χ4n) is 7.95. The second kappa shape index (κ2) is 13.8. The van der Waals surface area contributed by atoms with Crippen molar-refractivity contribution in [2.24, 2.45) is 0 Å². The van der Waals surface area contributed by atoms with Gasteiger partial charge in [-0.25, -0.2) is 0 Å². The predicted molar refractivity (Wildman–Crippen MR) is 225 cm³/mol. The Labute approximate surface area is 319 Å². The molecule has 0 saturated heterocycles. The van der Waals surface area contributed by atoms with Gasteiger partial charge >= 0.3 is 0 Å². The molecule has 0 spiro atoms. The van der Waals surface area contributed by atoms with Gasteiger partial charge in [0, 0.05) is 38.6 Å². The van der Waals surface area contributed by atoms with Crippen molar-refractivity contribution in [1.29, 1.82) is 0 Å². The summed E-state index contributed by atoms with van der Waals surface area (Å²) in [6, 6.07) is 69.8. The predicted octanol–water partition coefficient (Wildman–Crippen LogP) is 13.4. The first-order valence-corrected chi connectivity index (χ1v) is 18.5. The second-order valence-electron chi connectivity index (χ2n) is 13.6. The van der Waals surface area contributed by atoms with Crippen molar-refractivity contribution in [2.75, 3.05) is 0 Å². The molecule has 258 valence electrons. The van der Waals surface area contributed by atoms with Gasteiger partial charge in [0.05, 0.1) is 0 Å². The van der Waals surface area contributed by atoms with E-state index in [1.807, 2.05) is 36.4 Å². The number of fused-ring (bicyclic) bond motifs is 3. The first kappa shape index (κ1) is 32.2. The molecule has 55 heavy (non-hydrogen) atoms. The number of aromatic nitrogens is 3. The molecule has 10 rings (SSSR count). The van der Waals surface area contributed by atoms with E-state index in [0.29, 0.717) is 0 Å². The number of para-hydroxylation sites is 1. The maximum atomic E-state index is 6.62. The Balaban J connectivity index is 1.40. The van der Waals surface area contributed by atoms with Gasteiger partial charge in [0.25, 0.3) is 0 Å². The van der Waals surface area contributed by atoms with E-state index in [2.05, 4.69) is 169 Å². The standard InChI is InChI=1S/C51H33N3O/c1-5-18-34(19-6-1)38-26-13-14-27-40(38)41-29-17-30-43(51-46(36-22-9-3-10-23-36)50(52-54-53-51)37-24-11-4-12-25-37)47(41)49-39(35-20-7-2-8-21-35)32-33-45-48(49)42-28-15-16-31-44(42)55-45/h1-33H. The van der Waals surface area contributed by atoms with Crippen molar-refractivity contribution in [3.05, 3.63) is 200 Å². The van der Waals surface area contributed by atoms with Crippen LogP contribution in [0.4, 0.5) is 0 Å². The van der Waals surface area contributed by atoms with Crippen LogP contribution in [0.5, 0.6) is 0 Å². The summed E-state index contributed by atoms with van der Waals surface area (Å²) in [5, 5.41) is 16.3. The van der Waals surface area contributed by atoms with E-state index in [0.717, 1.165) is 100 Å². The lowest BCUT2D eigenvalue weighted by atomic mass is 9.81. The molecule has 8 aromatic carbocycles. The van der Waals surface area contributed by atoms with Crippen molar-refractivity contribution in [3.8, 4) is 78.1 Å². The van der Waals surface area contributed by atoms with Crippen LogP contribution in [0.15, 0.2) is 205 Å². The number of benzene rings is 8. The molecule has 0 unspecified atom stereocenters. The molecule has 0 aliphatic rings. The summed E-state index contributed by atoms with van der Waals surface area (Å²) < 4.78 is 6.62. The fourth-order valence-corrected chi connectivity index (χ4v) is 7.95. The van der Waals surface area contributed by atoms with Gasteiger partial charge < -0.3 is 4.42 Å². The second-order valence-corrected chi connectivity index (χ2v) is 13.6. The van der Waals surface area contributed by atoms with Crippen LogP contribution < -0.4 is 0 Å². The van der Waals surface area contributed by atoms with Crippen molar-refractivity contribution in [3.63, 3.8) is 0 Å². The highest BCUT2D eigenvalue weighted by Crippen LogP contribution is 2.51. The highest BCUT2D eigenvalue weighted by atomic mass is 16.3. The molecule has 0 fully saturated rings. The molecule has 0 bridgehead atoms. The SMILES string of the molecule is c1ccc(-c2ccccc2-c2cccc(-c3nnnc(-c4ccccc4)c3-c3ccccc3)c2-c2c(-c3ccccc3)ccc3oc4ccccc4c23)cc1. The van der Waals surface area contributed by atoms with Crippen LogP contribution in [0.2, 0.25) is 0 Å². The topological polar surface area (TPSA) is 51.8 Å². The van der Waals surface area contributed by atoms with Gasteiger partial charge in [-0.05, 0) is 56.3 Å². The smallest absolute Gasteiger partial charge is 0.136 e. The maximum absolute atomic E-state index is 6.62. The molecule has 0 aliphatic heterocycles. The molecule has 0 N–H and O–H groups in total. The summed E-state index contributed by atoms with van der Waals surface area (Å²) in [7, 11) is 0. The van der Waals surface area contributed by atoms with Crippen molar-refractivity contribution in [1.82, 2.24) is 15.4 Å². The number of rotatable bonds is 7. The molecule has 0 amide bonds. The van der Waals surface area contributed by atoms with E-state index < -0.39 is 0 Å². The van der Waals surface area contributed by atoms with E-state index in [1.165, 1.54) is 0 Å². The van der Waals surface area contributed by atoms with E-state index in [9.17, 15) is 0 Å². The maximum Gasteiger partial charge on any atom is 0.136 e. The summed E-state index contributed by atoms with van der Waals surface area (Å²) in [6.45, 7) is 0. The third kappa shape index (κ3) is 5.68. The van der Waals surface area contributed by atoms with E-state index >= 15 is 0 Å². The Bertz CT molecular complexity index is 2960. The van der Waals surface area contributed by atoms with Gasteiger partial charge in [0.15, 0.2) is 0 Å². The number of hydrogen-bond acceptors (Lipinski definition) is 4. The minimum atomic E-state index is 0.748. The van der Waals surface area contributed by atoms with Gasteiger partial charge in [0.1, 0.15) is 22.6 Å². The summed E-state index contributed by atoms with van der Waals surface area (Å²) >= 11 is 0.